The largest absolute Gasteiger partial charge is 0.376 e. The van der Waals surface area contributed by atoms with Crippen molar-refractivity contribution in [2.45, 2.75) is 31.2 Å². The number of nitrogens with one attached hydrogen (secondary N) is 1. The van der Waals surface area contributed by atoms with Crippen LogP contribution in [0.3, 0.4) is 0 Å². The van der Waals surface area contributed by atoms with Crippen molar-refractivity contribution in [1.82, 2.24) is 5.32 Å². The van der Waals surface area contributed by atoms with Gasteiger partial charge in [0.1, 0.15) is 0 Å². The normalized spacial score (nSPS) is 25.1. The van der Waals surface area contributed by atoms with E-state index in [9.17, 15) is 0 Å². The Balaban J connectivity index is 2.11. The van der Waals surface area contributed by atoms with Crippen molar-refractivity contribution in [3.05, 3.63) is 35.9 Å². The Labute approximate surface area is 95.9 Å². The summed E-state index contributed by atoms with van der Waals surface area (Å²) in [5, 5.41) is 3.62. The first-order chi connectivity index (χ1) is 7.27. The van der Waals surface area contributed by atoms with Crippen LogP contribution in [0, 0.1) is 0 Å². The standard InChI is InChI=1S/C12H16N2S/c13-12(15)14-11-8-4-7-10(11)9-5-2-1-3-6-9/h1-3,5-6,10-11H,4,7-8H2,(H3,13,14,15)/t10-,11-/m1/s1. The first kappa shape index (κ1) is 10.4. The summed E-state index contributed by atoms with van der Waals surface area (Å²) in [4.78, 5) is 0. The fourth-order valence-electron chi connectivity index (χ4n) is 2.41. The van der Waals surface area contributed by atoms with Crippen LogP contribution < -0.4 is 11.1 Å². The number of rotatable bonds is 2. The monoisotopic (exact) mass is 220 g/mol. The maximum atomic E-state index is 5.53. The number of hydrogen-bond donors (Lipinski definition) is 2. The molecule has 0 spiro atoms. The number of thiocarbonyl (C=S) groups is 1. The van der Waals surface area contributed by atoms with Gasteiger partial charge in [0.15, 0.2) is 5.11 Å². The highest BCUT2D eigenvalue weighted by atomic mass is 32.1. The molecule has 0 bridgehead atoms. The first-order valence-electron chi connectivity index (χ1n) is 5.38. The van der Waals surface area contributed by atoms with Gasteiger partial charge >= 0.3 is 0 Å². The van der Waals surface area contributed by atoms with Crippen LogP contribution in [-0.4, -0.2) is 11.2 Å². The molecule has 1 aromatic rings. The maximum absolute atomic E-state index is 5.53. The van der Waals surface area contributed by atoms with Crippen LogP contribution in [0.25, 0.3) is 0 Å². The highest BCUT2D eigenvalue weighted by molar-refractivity contribution is 7.80. The van der Waals surface area contributed by atoms with Crippen LogP contribution in [0.1, 0.15) is 30.7 Å². The first-order valence-corrected chi connectivity index (χ1v) is 5.79. The van der Waals surface area contributed by atoms with Crippen LogP contribution in [0.15, 0.2) is 30.3 Å². The van der Waals surface area contributed by atoms with Crippen molar-refractivity contribution in [2.24, 2.45) is 5.73 Å². The van der Waals surface area contributed by atoms with E-state index in [1.807, 2.05) is 0 Å². The molecule has 1 fully saturated rings. The number of benzene rings is 1. The summed E-state index contributed by atoms with van der Waals surface area (Å²) in [6.45, 7) is 0. The van der Waals surface area contributed by atoms with Gasteiger partial charge in [-0.15, -0.1) is 0 Å². The van der Waals surface area contributed by atoms with Crippen LogP contribution in [0.5, 0.6) is 0 Å². The summed E-state index contributed by atoms with van der Waals surface area (Å²) in [5.41, 5.74) is 6.93. The molecule has 0 amide bonds. The zero-order valence-corrected chi connectivity index (χ0v) is 9.46. The van der Waals surface area contributed by atoms with Gasteiger partial charge in [0.25, 0.3) is 0 Å². The summed E-state index contributed by atoms with van der Waals surface area (Å²) in [6.07, 6.45) is 3.64. The zero-order valence-electron chi connectivity index (χ0n) is 8.65. The maximum Gasteiger partial charge on any atom is 0.163 e. The van der Waals surface area contributed by atoms with Gasteiger partial charge in [-0.25, -0.2) is 0 Å². The summed E-state index contributed by atoms with van der Waals surface area (Å²) >= 11 is 4.90. The second-order valence-corrected chi connectivity index (χ2v) is 4.50. The summed E-state index contributed by atoms with van der Waals surface area (Å²) in [7, 11) is 0. The zero-order chi connectivity index (χ0) is 10.7. The Bertz CT molecular complexity index is 337. The van der Waals surface area contributed by atoms with Gasteiger partial charge in [-0.1, -0.05) is 36.8 Å². The fraction of sp³-hybridized carbons (Fsp3) is 0.417. The van der Waals surface area contributed by atoms with E-state index in [0.717, 1.165) is 6.42 Å². The van der Waals surface area contributed by atoms with Crippen molar-refractivity contribution < 1.29 is 0 Å². The molecule has 0 saturated heterocycles. The van der Waals surface area contributed by atoms with Crippen LogP contribution in [0.4, 0.5) is 0 Å². The topological polar surface area (TPSA) is 38.0 Å². The Morgan fingerprint density at radius 3 is 2.67 bits per heavy atom. The lowest BCUT2D eigenvalue weighted by Crippen LogP contribution is -2.39. The Hall–Kier alpha value is -1.09. The fourth-order valence-corrected chi connectivity index (χ4v) is 2.57. The number of nitrogens with two attached hydrogens (primary N) is 1. The van der Waals surface area contributed by atoms with E-state index in [1.165, 1.54) is 18.4 Å². The quantitative estimate of drug-likeness (QED) is 0.750. The minimum atomic E-state index is 0.419. The van der Waals surface area contributed by atoms with Crippen LogP contribution in [0.2, 0.25) is 0 Å². The summed E-state index contributed by atoms with van der Waals surface area (Å²) in [5.74, 6) is 0.563. The average molecular weight is 220 g/mol. The lowest BCUT2D eigenvalue weighted by Gasteiger charge is -2.21. The molecule has 80 valence electrons. The van der Waals surface area contributed by atoms with Gasteiger partial charge in [0.05, 0.1) is 0 Å². The third-order valence-corrected chi connectivity index (χ3v) is 3.19. The predicted octanol–water partition coefficient (Wildman–Crippen LogP) is 2.16. The van der Waals surface area contributed by atoms with Gasteiger partial charge < -0.3 is 11.1 Å². The molecule has 0 heterocycles. The number of hydrogen-bond acceptors (Lipinski definition) is 1. The second kappa shape index (κ2) is 4.62. The molecule has 2 atom stereocenters. The van der Waals surface area contributed by atoms with Crippen molar-refractivity contribution in [2.75, 3.05) is 0 Å². The third-order valence-electron chi connectivity index (χ3n) is 3.07. The molecule has 2 nitrogen and oxygen atoms in total. The third kappa shape index (κ3) is 2.48. The van der Waals surface area contributed by atoms with Crippen molar-refractivity contribution in [3.8, 4) is 0 Å². The Morgan fingerprint density at radius 2 is 2.00 bits per heavy atom. The van der Waals surface area contributed by atoms with Crippen LogP contribution >= 0.6 is 12.2 Å². The van der Waals surface area contributed by atoms with Crippen molar-refractivity contribution in [1.29, 1.82) is 0 Å². The minimum Gasteiger partial charge on any atom is -0.376 e. The van der Waals surface area contributed by atoms with E-state index in [1.54, 1.807) is 0 Å². The molecule has 0 aliphatic heterocycles. The second-order valence-electron chi connectivity index (χ2n) is 4.06. The van der Waals surface area contributed by atoms with E-state index >= 15 is 0 Å². The van der Waals surface area contributed by atoms with Gasteiger partial charge in [-0.05, 0) is 30.6 Å². The molecular formula is C12H16N2S. The molecule has 15 heavy (non-hydrogen) atoms. The molecule has 1 aliphatic rings. The van der Waals surface area contributed by atoms with Crippen molar-refractivity contribution in [3.63, 3.8) is 0 Å². The smallest absolute Gasteiger partial charge is 0.163 e. The lowest BCUT2D eigenvalue weighted by molar-refractivity contribution is 0.560. The molecule has 3 N–H and O–H groups in total. The molecular weight excluding hydrogens is 204 g/mol. The highest BCUT2D eigenvalue weighted by Gasteiger charge is 2.28. The van der Waals surface area contributed by atoms with Gasteiger partial charge in [-0.2, -0.15) is 0 Å². The molecule has 0 unspecified atom stereocenters. The van der Waals surface area contributed by atoms with Crippen molar-refractivity contribution >= 4 is 17.3 Å². The SMILES string of the molecule is NC(=S)N[C@@H]1CCC[C@@H]1c1ccccc1. The minimum absolute atomic E-state index is 0.419. The van der Waals surface area contributed by atoms with E-state index in [-0.39, 0.29) is 0 Å². The van der Waals surface area contributed by atoms with E-state index < -0.39 is 0 Å². The molecule has 2 rings (SSSR count). The molecule has 3 heteroatoms. The molecule has 0 aromatic heterocycles. The van der Waals surface area contributed by atoms with E-state index in [2.05, 4.69) is 35.6 Å². The molecule has 1 aromatic carbocycles. The lowest BCUT2D eigenvalue weighted by atomic mass is 9.94. The summed E-state index contributed by atoms with van der Waals surface area (Å²) in [6, 6.07) is 11.0. The van der Waals surface area contributed by atoms with Gasteiger partial charge in [0.2, 0.25) is 0 Å². The molecule has 1 aliphatic carbocycles. The molecule has 0 radical (unpaired) electrons. The van der Waals surface area contributed by atoms with Crippen LogP contribution in [-0.2, 0) is 0 Å². The highest BCUT2D eigenvalue weighted by Crippen LogP contribution is 2.34. The Kier molecular flexibility index (Phi) is 3.21. The Morgan fingerprint density at radius 1 is 1.27 bits per heavy atom. The van der Waals surface area contributed by atoms with E-state index in [0.29, 0.717) is 17.1 Å². The summed E-state index contributed by atoms with van der Waals surface area (Å²) < 4.78 is 0. The van der Waals surface area contributed by atoms with E-state index in [4.69, 9.17) is 18.0 Å². The average Bonchev–Trinajstić information content (AvgIpc) is 2.66. The van der Waals surface area contributed by atoms with Gasteiger partial charge in [0, 0.05) is 12.0 Å². The predicted molar refractivity (Wildman–Crippen MR) is 66.7 cm³/mol. The molecule has 1 saturated carbocycles. The van der Waals surface area contributed by atoms with Gasteiger partial charge in [-0.3, -0.25) is 0 Å².